The van der Waals surface area contributed by atoms with Crippen molar-refractivity contribution in [1.82, 2.24) is 0 Å². The minimum Gasteiger partial charge on any atom is -0.199 e. The summed E-state index contributed by atoms with van der Waals surface area (Å²) in [5.41, 5.74) is 4.50. The predicted molar refractivity (Wildman–Crippen MR) is 46.9 cm³/mol. The molecule has 0 atom stereocenters. The first kappa shape index (κ1) is 6.84. The highest BCUT2D eigenvalue weighted by atomic mass is 15.0. The van der Waals surface area contributed by atoms with Crippen LogP contribution in [-0.4, -0.2) is 16.8 Å². The van der Waals surface area contributed by atoms with Gasteiger partial charge in [-0.1, -0.05) is 6.08 Å². The van der Waals surface area contributed by atoms with Gasteiger partial charge in [0.25, 0.3) is 0 Å². The fourth-order valence-corrected chi connectivity index (χ4v) is 1.82. The van der Waals surface area contributed by atoms with Crippen LogP contribution in [0.1, 0.15) is 26.7 Å². The van der Waals surface area contributed by atoms with Crippen LogP contribution in [0.3, 0.4) is 0 Å². The van der Waals surface area contributed by atoms with E-state index in [1.807, 2.05) is 0 Å². The highest BCUT2D eigenvalue weighted by Gasteiger charge is 2.26. The second-order valence-corrected chi connectivity index (χ2v) is 3.38. The Morgan fingerprint density at radius 3 is 2.91 bits per heavy atom. The van der Waals surface area contributed by atoms with Gasteiger partial charge in [0.2, 0.25) is 0 Å². The van der Waals surface area contributed by atoms with E-state index in [2.05, 4.69) is 30.6 Å². The van der Waals surface area contributed by atoms with E-state index in [0.29, 0.717) is 0 Å². The summed E-state index contributed by atoms with van der Waals surface area (Å²) >= 11 is 0. The van der Waals surface area contributed by atoms with Crippen molar-refractivity contribution in [1.29, 1.82) is 0 Å². The molecule has 0 fully saturated rings. The largest absolute Gasteiger partial charge is 0.199 e. The second-order valence-electron chi connectivity index (χ2n) is 3.38. The second kappa shape index (κ2) is 2.33. The lowest BCUT2D eigenvalue weighted by Crippen LogP contribution is -2.17. The van der Waals surface area contributed by atoms with Gasteiger partial charge in [0.1, 0.15) is 0 Å². The van der Waals surface area contributed by atoms with Crippen molar-refractivity contribution in [3.05, 3.63) is 23.4 Å². The van der Waals surface area contributed by atoms with Crippen LogP contribution < -0.4 is 0 Å². The van der Waals surface area contributed by atoms with E-state index in [4.69, 9.17) is 0 Å². The molecular weight excluding hydrogens is 134 g/mol. The third-order valence-corrected chi connectivity index (χ3v) is 2.65. The molecule has 0 radical (unpaired) electrons. The summed E-state index contributed by atoms with van der Waals surface area (Å²) < 4.78 is 2.44. The monoisotopic (exact) mass is 148 g/mol. The maximum absolute atomic E-state index is 2.44. The molecule has 0 aromatic rings. The lowest BCUT2D eigenvalue weighted by atomic mass is 10.1. The molecule has 2 heterocycles. The van der Waals surface area contributed by atoms with Gasteiger partial charge in [-0.2, -0.15) is 4.58 Å². The van der Waals surface area contributed by atoms with Crippen LogP contribution >= 0.6 is 0 Å². The van der Waals surface area contributed by atoms with Crippen LogP contribution in [0.15, 0.2) is 23.4 Å². The maximum Gasteiger partial charge on any atom is 0.185 e. The summed E-state index contributed by atoms with van der Waals surface area (Å²) in [5.74, 6) is 0. The molecule has 2 rings (SSSR count). The summed E-state index contributed by atoms with van der Waals surface area (Å²) in [6.45, 7) is 5.64. The van der Waals surface area contributed by atoms with Gasteiger partial charge in [-0.05, 0) is 6.92 Å². The molecule has 1 heteroatoms. The molecule has 0 N–H and O–H groups in total. The highest BCUT2D eigenvalue weighted by Crippen LogP contribution is 2.21. The minimum atomic E-state index is 1.17. The van der Waals surface area contributed by atoms with E-state index >= 15 is 0 Å². The van der Waals surface area contributed by atoms with Crippen molar-refractivity contribution in [3.8, 4) is 0 Å². The van der Waals surface area contributed by atoms with E-state index in [-0.39, 0.29) is 0 Å². The van der Waals surface area contributed by atoms with Crippen molar-refractivity contribution >= 4 is 5.71 Å². The summed E-state index contributed by atoms with van der Waals surface area (Å²) in [6, 6.07) is 0. The Balaban J connectivity index is 2.39. The zero-order chi connectivity index (χ0) is 7.84. The predicted octanol–water partition coefficient (Wildman–Crippen LogP) is 2.10. The fourth-order valence-electron chi connectivity index (χ4n) is 1.82. The Kier molecular flexibility index (Phi) is 1.45. The van der Waals surface area contributed by atoms with Gasteiger partial charge in [-0.3, -0.25) is 0 Å². The van der Waals surface area contributed by atoms with Gasteiger partial charge in [-0.25, -0.2) is 0 Å². The van der Waals surface area contributed by atoms with Crippen LogP contribution in [0.25, 0.3) is 0 Å². The quantitative estimate of drug-likeness (QED) is 0.463. The number of rotatable bonds is 0. The Morgan fingerprint density at radius 1 is 1.36 bits per heavy atom. The van der Waals surface area contributed by atoms with Crippen LogP contribution in [0.4, 0.5) is 0 Å². The molecule has 1 nitrogen and oxygen atoms in total. The van der Waals surface area contributed by atoms with E-state index < -0.39 is 0 Å². The van der Waals surface area contributed by atoms with E-state index in [9.17, 15) is 0 Å². The summed E-state index contributed by atoms with van der Waals surface area (Å²) in [5, 5.41) is 0. The molecular formula is C10H14N+. The average molecular weight is 148 g/mol. The minimum absolute atomic E-state index is 1.17. The molecule has 11 heavy (non-hydrogen) atoms. The molecule has 0 amide bonds. The molecule has 0 saturated carbocycles. The fraction of sp³-hybridized carbons (Fsp3) is 0.500. The SMILES string of the molecule is CC1=C(C)[N+]2=C(C=CCC2)C1. The Morgan fingerprint density at radius 2 is 2.18 bits per heavy atom. The molecule has 0 unspecified atom stereocenters. The Labute approximate surface area is 67.7 Å². The van der Waals surface area contributed by atoms with Gasteiger partial charge >= 0.3 is 0 Å². The number of nitrogens with zero attached hydrogens (tertiary/aromatic N) is 1. The Bertz CT molecular complexity index is 279. The summed E-state index contributed by atoms with van der Waals surface area (Å²) in [6.07, 6.45) is 6.91. The number of hydrogen-bond acceptors (Lipinski definition) is 0. The molecule has 0 aliphatic carbocycles. The summed E-state index contributed by atoms with van der Waals surface area (Å²) in [7, 11) is 0. The third kappa shape index (κ3) is 0.953. The lowest BCUT2D eigenvalue weighted by molar-refractivity contribution is -0.473. The first-order valence-electron chi connectivity index (χ1n) is 4.25. The molecule has 2 aliphatic heterocycles. The van der Waals surface area contributed by atoms with Crippen molar-refractivity contribution in [3.63, 3.8) is 0 Å². The number of hydrogen-bond donors (Lipinski definition) is 0. The average Bonchev–Trinajstić information content (AvgIpc) is 2.30. The van der Waals surface area contributed by atoms with E-state index in [1.165, 1.54) is 36.4 Å². The number of allylic oxidation sites excluding steroid dienone is 3. The van der Waals surface area contributed by atoms with Crippen LogP contribution in [-0.2, 0) is 0 Å². The van der Waals surface area contributed by atoms with Crippen LogP contribution in [0.5, 0.6) is 0 Å². The topological polar surface area (TPSA) is 3.01 Å². The van der Waals surface area contributed by atoms with E-state index in [0.717, 1.165) is 0 Å². The van der Waals surface area contributed by atoms with Crippen molar-refractivity contribution in [2.75, 3.05) is 6.54 Å². The molecule has 2 aliphatic rings. The third-order valence-electron chi connectivity index (χ3n) is 2.65. The molecule has 0 saturated heterocycles. The van der Waals surface area contributed by atoms with E-state index in [1.54, 1.807) is 0 Å². The van der Waals surface area contributed by atoms with Gasteiger partial charge in [0, 0.05) is 25.0 Å². The standard InChI is InChI=1S/C10H14N/c1-8-7-10-5-3-4-6-11(10)9(8)2/h3,5H,4,6-7H2,1-2H3/q+1. The maximum atomic E-state index is 2.44. The highest BCUT2D eigenvalue weighted by molar-refractivity contribution is 5.94. The van der Waals surface area contributed by atoms with Crippen LogP contribution in [0.2, 0.25) is 0 Å². The Hall–Kier alpha value is -0.850. The molecule has 0 bridgehead atoms. The van der Waals surface area contributed by atoms with Crippen molar-refractivity contribution in [2.24, 2.45) is 0 Å². The molecule has 58 valence electrons. The zero-order valence-electron chi connectivity index (χ0n) is 7.22. The van der Waals surface area contributed by atoms with Gasteiger partial charge < -0.3 is 0 Å². The normalized spacial score (nSPS) is 23.1. The zero-order valence-corrected chi connectivity index (χ0v) is 7.22. The summed E-state index contributed by atoms with van der Waals surface area (Å²) in [4.78, 5) is 0. The lowest BCUT2D eigenvalue weighted by Gasteiger charge is -2.03. The molecule has 0 spiro atoms. The molecule has 0 aromatic heterocycles. The smallest absolute Gasteiger partial charge is 0.185 e. The van der Waals surface area contributed by atoms with Gasteiger partial charge in [0.15, 0.2) is 18.0 Å². The van der Waals surface area contributed by atoms with Gasteiger partial charge in [-0.15, -0.1) is 0 Å². The first-order chi connectivity index (χ1) is 5.29. The molecule has 0 aromatic carbocycles. The van der Waals surface area contributed by atoms with Gasteiger partial charge in [0.05, 0.1) is 6.42 Å². The first-order valence-corrected chi connectivity index (χ1v) is 4.25. The van der Waals surface area contributed by atoms with Crippen LogP contribution in [0, 0.1) is 0 Å². The van der Waals surface area contributed by atoms with Crippen molar-refractivity contribution < 1.29 is 4.58 Å². The van der Waals surface area contributed by atoms with Crippen molar-refractivity contribution in [2.45, 2.75) is 26.7 Å².